The first kappa shape index (κ1) is 16.2. The number of halogens is 1. The Balaban J connectivity index is 2.09. The highest BCUT2D eigenvalue weighted by atomic mass is 35.5. The van der Waals surface area contributed by atoms with Gasteiger partial charge in [-0.1, -0.05) is 35.9 Å². The van der Waals surface area contributed by atoms with Crippen molar-refractivity contribution in [3.8, 4) is 0 Å². The highest BCUT2D eigenvalue weighted by Crippen LogP contribution is 2.15. The molecule has 0 fully saturated rings. The highest BCUT2D eigenvalue weighted by molar-refractivity contribution is 6.30. The van der Waals surface area contributed by atoms with E-state index in [1.54, 1.807) is 16.7 Å². The van der Waals surface area contributed by atoms with Crippen molar-refractivity contribution >= 4 is 28.6 Å². The van der Waals surface area contributed by atoms with Crippen LogP contribution in [-0.2, 0) is 17.8 Å². The number of carboxylic acids is 1. The first-order valence-corrected chi connectivity index (χ1v) is 7.87. The summed E-state index contributed by atoms with van der Waals surface area (Å²) in [5, 5.41) is 9.49. The first-order valence-electron chi connectivity index (χ1n) is 7.49. The van der Waals surface area contributed by atoms with Gasteiger partial charge in [0.2, 0.25) is 0 Å². The number of fused-ring (bicyclic) bond motifs is 1. The van der Waals surface area contributed by atoms with Gasteiger partial charge in [0.15, 0.2) is 0 Å². The number of benzene rings is 2. The Hall–Kier alpha value is -2.66. The summed E-state index contributed by atoms with van der Waals surface area (Å²) >= 11 is 5.90. The van der Waals surface area contributed by atoms with Crippen molar-refractivity contribution in [2.75, 3.05) is 0 Å². The smallest absolute Gasteiger partial charge is 0.303 e. The van der Waals surface area contributed by atoms with E-state index in [1.807, 2.05) is 36.4 Å². The number of para-hydroxylation sites is 2. The van der Waals surface area contributed by atoms with Crippen molar-refractivity contribution in [1.29, 1.82) is 0 Å². The van der Waals surface area contributed by atoms with E-state index in [4.69, 9.17) is 16.7 Å². The maximum Gasteiger partial charge on any atom is 0.303 e. The number of carboxylic acid groups (broad SMARTS) is 1. The Morgan fingerprint density at radius 1 is 1.12 bits per heavy atom. The van der Waals surface area contributed by atoms with E-state index in [2.05, 4.69) is 4.98 Å². The van der Waals surface area contributed by atoms with Crippen LogP contribution in [0.1, 0.15) is 17.7 Å². The molecule has 122 valence electrons. The summed E-state index contributed by atoms with van der Waals surface area (Å²) in [4.78, 5) is 27.9. The third-order valence-electron chi connectivity index (χ3n) is 3.75. The second-order valence-electron chi connectivity index (χ2n) is 5.46. The number of aromatic nitrogens is 2. The molecule has 0 atom stereocenters. The van der Waals surface area contributed by atoms with Crippen LogP contribution in [0.4, 0.5) is 0 Å². The van der Waals surface area contributed by atoms with E-state index in [-0.39, 0.29) is 24.1 Å². The Kier molecular flexibility index (Phi) is 4.62. The fourth-order valence-electron chi connectivity index (χ4n) is 2.56. The number of carbonyl (C=O) groups is 1. The van der Waals surface area contributed by atoms with Crippen LogP contribution in [-0.4, -0.2) is 20.6 Å². The SMILES string of the molecule is O=C(O)CCc1nc2ccccc2n(Cc2ccc(Cl)cc2)c1=O. The lowest BCUT2D eigenvalue weighted by Gasteiger charge is -2.12. The molecular weight excluding hydrogens is 328 g/mol. The van der Waals surface area contributed by atoms with E-state index in [9.17, 15) is 9.59 Å². The molecule has 0 aliphatic carbocycles. The van der Waals surface area contributed by atoms with Gasteiger partial charge in [0.1, 0.15) is 5.69 Å². The molecule has 5 nitrogen and oxygen atoms in total. The Bertz CT molecular complexity index is 949. The number of nitrogens with zero attached hydrogens (tertiary/aromatic N) is 2. The highest BCUT2D eigenvalue weighted by Gasteiger charge is 2.12. The first-order chi connectivity index (χ1) is 11.5. The normalized spacial score (nSPS) is 10.9. The van der Waals surface area contributed by atoms with Crippen LogP contribution >= 0.6 is 11.6 Å². The van der Waals surface area contributed by atoms with Gasteiger partial charge in [-0.15, -0.1) is 0 Å². The van der Waals surface area contributed by atoms with Crippen LogP contribution in [0, 0.1) is 0 Å². The zero-order valence-electron chi connectivity index (χ0n) is 12.8. The summed E-state index contributed by atoms with van der Waals surface area (Å²) < 4.78 is 1.63. The van der Waals surface area contributed by atoms with Gasteiger partial charge >= 0.3 is 5.97 Å². The average Bonchev–Trinajstić information content (AvgIpc) is 2.57. The quantitative estimate of drug-likeness (QED) is 0.773. The summed E-state index contributed by atoms with van der Waals surface area (Å²) in [7, 11) is 0. The van der Waals surface area contributed by atoms with Gasteiger partial charge in [0.25, 0.3) is 5.56 Å². The zero-order chi connectivity index (χ0) is 17.1. The molecule has 0 amide bonds. The van der Waals surface area contributed by atoms with Crippen LogP contribution in [0.15, 0.2) is 53.3 Å². The van der Waals surface area contributed by atoms with Gasteiger partial charge in [-0.25, -0.2) is 4.98 Å². The molecule has 3 aromatic rings. The molecule has 0 saturated heterocycles. The van der Waals surface area contributed by atoms with Crippen molar-refractivity contribution < 1.29 is 9.90 Å². The molecule has 0 radical (unpaired) electrons. The molecule has 0 unspecified atom stereocenters. The number of aliphatic carboxylic acids is 1. The van der Waals surface area contributed by atoms with Crippen molar-refractivity contribution in [2.24, 2.45) is 0 Å². The van der Waals surface area contributed by atoms with Crippen LogP contribution in [0.25, 0.3) is 11.0 Å². The van der Waals surface area contributed by atoms with Gasteiger partial charge in [-0.05, 0) is 29.8 Å². The van der Waals surface area contributed by atoms with Crippen LogP contribution < -0.4 is 5.56 Å². The van der Waals surface area contributed by atoms with E-state index < -0.39 is 5.97 Å². The number of hydrogen-bond donors (Lipinski definition) is 1. The van der Waals surface area contributed by atoms with Crippen molar-refractivity contribution in [2.45, 2.75) is 19.4 Å². The average molecular weight is 343 g/mol. The largest absolute Gasteiger partial charge is 0.481 e. The summed E-state index contributed by atoms with van der Waals surface area (Å²) in [6, 6.07) is 14.6. The van der Waals surface area contributed by atoms with Gasteiger partial charge in [0.05, 0.1) is 24.0 Å². The van der Waals surface area contributed by atoms with E-state index >= 15 is 0 Å². The summed E-state index contributed by atoms with van der Waals surface area (Å²) in [5.41, 5.74) is 2.33. The van der Waals surface area contributed by atoms with Crippen LogP contribution in [0.3, 0.4) is 0 Å². The standard InChI is InChI=1S/C18H15ClN2O3/c19-13-7-5-12(6-8-13)11-21-16-4-2-1-3-14(16)20-15(18(21)24)9-10-17(22)23/h1-8H,9-11H2,(H,22,23). The molecule has 1 N–H and O–H groups in total. The molecule has 0 bridgehead atoms. The van der Waals surface area contributed by atoms with Crippen LogP contribution in [0.2, 0.25) is 5.02 Å². The third-order valence-corrected chi connectivity index (χ3v) is 4.00. The molecule has 3 rings (SSSR count). The van der Waals surface area contributed by atoms with Gasteiger partial charge in [-0.2, -0.15) is 0 Å². The lowest BCUT2D eigenvalue weighted by atomic mass is 10.2. The summed E-state index contributed by atoms with van der Waals surface area (Å²) in [6.07, 6.45) is -0.0128. The Morgan fingerprint density at radius 2 is 1.83 bits per heavy atom. The molecule has 1 aromatic heterocycles. The summed E-state index contributed by atoms with van der Waals surface area (Å²) in [6.45, 7) is 0.374. The maximum atomic E-state index is 12.7. The second kappa shape index (κ2) is 6.84. The molecular formula is C18H15ClN2O3. The molecule has 0 spiro atoms. The number of hydrogen-bond acceptors (Lipinski definition) is 3. The predicted molar refractivity (Wildman–Crippen MR) is 92.5 cm³/mol. The zero-order valence-corrected chi connectivity index (χ0v) is 13.5. The minimum Gasteiger partial charge on any atom is -0.481 e. The molecule has 1 heterocycles. The molecule has 0 aliphatic heterocycles. The monoisotopic (exact) mass is 342 g/mol. The van der Waals surface area contributed by atoms with Crippen molar-refractivity contribution in [3.05, 3.63) is 75.2 Å². The van der Waals surface area contributed by atoms with Crippen LogP contribution in [0.5, 0.6) is 0 Å². The number of aryl methyl sites for hydroxylation is 1. The Labute approximate surface area is 143 Å². The molecule has 0 aliphatic rings. The van der Waals surface area contributed by atoms with Crippen molar-refractivity contribution in [1.82, 2.24) is 9.55 Å². The molecule has 0 saturated carbocycles. The fraction of sp³-hybridized carbons (Fsp3) is 0.167. The topological polar surface area (TPSA) is 72.2 Å². The lowest BCUT2D eigenvalue weighted by molar-refractivity contribution is -0.136. The molecule has 24 heavy (non-hydrogen) atoms. The molecule has 2 aromatic carbocycles. The number of rotatable bonds is 5. The van der Waals surface area contributed by atoms with Gasteiger partial charge in [-0.3, -0.25) is 9.59 Å². The van der Waals surface area contributed by atoms with E-state index in [0.717, 1.165) is 11.1 Å². The van der Waals surface area contributed by atoms with Crippen molar-refractivity contribution in [3.63, 3.8) is 0 Å². The summed E-state index contributed by atoms with van der Waals surface area (Å²) in [5.74, 6) is -0.950. The van der Waals surface area contributed by atoms with Gasteiger partial charge in [0, 0.05) is 11.4 Å². The molecule has 6 heteroatoms. The fourth-order valence-corrected chi connectivity index (χ4v) is 2.69. The minimum absolute atomic E-state index is 0.111. The van der Waals surface area contributed by atoms with E-state index in [1.165, 1.54) is 0 Å². The Morgan fingerprint density at radius 3 is 2.54 bits per heavy atom. The lowest BCUT2D eigenvalue weighted by Crippen LogP contribution is -2.26. The second-order valence-corrected chi connectivity index (χ2v) is 5.90. The third kappa shape index (κ3) is 3.46. The van der Waals surface area contributed by atoms with E-state index in [0.29, 0.717) is 17.1 Å². The maximum absolute atomic E-state index is 12.7. The van der Waals surface area contributed by atoms with Gasteiger partial charge < -0.3 is 9.67 Å². The minimum atomic E-state index is -0.950. The predicted octanol–water partition coefficient (Wildman–Crippen LogP) is 3.12.